The Morgan fingerprint density at radius 2 is 1.92 bits per heavy atom. The molecule has 6 heteroatoms. The van der Waals surface area contributed by atoms with E-state index in [1.54, 1.807) is 19.2 Å². The summed E-state index contributed by atoms with van der Waals surface area (Å²) in [6.45, 7) is 1.49. The Labute approximate surface area is 216 Å². The van der Waals surface area contributed by atoms with E-state index in [9.17, 15) is 14.3 Å². The lowest BCUT2D eigenvalue weighted by atomic mass is 9.90. The van der Waals surface area contributed by atoms with E-state index in [2.05, 4.69) is 12.1 Å². The average Bonchev–Trinajstić information content (AvgIpc) is 3.77. The molecule has 0 aromatic heterocycles. The van der Waals surface area contributed by atoms with Gasteiger partial charge in [-0.15, -0.1) is 0 Å². The largest absolute Gasteiger partial charge is 0.497 e. The molecule has 1 fully saturated rings. The standard InChI is InChI=1S/C31H31FO5/c1-35-24-8-10-30(32)29(17-24)26-9-5-20(15-28(26)22-11-13-36-14-12-22)19-37-25-4-2-3-23(16-25)27(18-31(33)34)21-6-7-21/h2-5,8-11,15-17,21,27H,6-7,12-14,18-19H2,1H3,(H,33,34)/t27-/m1/s1. The van der Waals surface area contributed by atoms with Crippen molar-refractivity contribution in [2.75, 3.05) is 20.3 Å². The number of aliphatic carboxylic acids is 1. The second kappa shape index (κ2) is 11.2. The van der Waals surface area contributed by atoms with E-state index in [1.165, 1.54) is 6.07 Å². The van der Waals surface area contributed by atoms with Gasteiger partial charge in [-0.1, -0.05) is 30.3 Å². The predicted molar refractivity (Wildman–Crippen MR) is 140 cm³/mol. The zero-order chi connectivity index (χ0) is 25.8. The van der Waals surface area contributed by atoms with Crippen LogP contribution in [-0.4, -0.2) is 31.4 Å². The van der Waals surface area contributed by atoms with Gasteiger partial charge in [0.2, 0.25) is 0 Å². The lowest BCUT2D eigenvalue weighted by Gasteiger charge is -2.19. The lowest BCUT2D eigenvalue weighted by Crippen LogP contribution is -2.08. The fraction of sp³-hybridized carbons (Fsp3) is 0.323. The molecule has 1 heterocycles. The van der Waals surface area contributed by atoms with Crippen molar-refractivity contribution in [3.8, 4) is 22.6 Å². The lowest BCUT2D eigenvalue weighted by molar-refractivity contribution is -0.137. The van der Waals surface area contributed by atoms with Gasteiger partial charge in [0.1, 0.15) is 23.9 Å². The van der Waals surface area contributed by atoms with E-state index in [4.69, 9.17) is 14.2 Å². The SMILES string of the molecule is COc1ccc(F)c(-c2ccc(COc3cccc([C@H](CC(=O)O)C4CC4)c3)cc2C2=CCOCC2)c1. The fourth-order valence-corrected chi connectivity index (χ4v) is 5.04. The summed E-state index contributed by atoms with van der Waals surface area (Å²) in [5, 5.41) is 9.35. The van der Waals surface area contributed by atoms with Gasteiger partial charge in [-0.05, 0) is 95.3 Å². The average molecular weight is 503 g/mol. The van der Waals surface area contributed by atoms with Crippen LogP contribution in [0.1, 0.15) is 48.3 Å². The number of carboxylic acid groups (broad SMARTS) is 1. The highest BCUT2D eigenvalue weighted by Gasteiger charge is 2.33. The molecule has 1 N–H and O–H groups in total. The third-order valence-corrected chi connectivity index (χ3v) is 7.13. The van der Waals surface area contributed by atoms with E-state index in [1.807, 2.05) is 36.4 Å². The van der Waals surface area contributed by atoms with Crippen LogP contribution in [0, 0.1) is 11.7 Å². The molecule has 0 amide bonds. The van der Waals surface area contributed by atoms with E-state index < -0.39 is 5.97 Å². The fourth-order valence-electron chi connectivity index (χ4n) is 5.04. The third-order valence-electron chi connectivity index (χ3n) is 7.13. The number of rotatable bonds is 10. The third kappa shape index (κ3) is 6.03. The van der Waals surface area contributed by atoms with Crippen LogP contribution in [0.25, 0.3) is 16.7 Å². The van der Waals surface area contributed by atoms with Crippen LogP contribution < -0.4 is 9.47 Å². The summed E-state index contributed by atoms with van der Waals surface area (Å²) >= 11 is 0. The van der Waals surface area contributed by atoms with Crippen LogP contribution in [0.4, 0.5) is 4.39 Å². The molecule has 1 aliphatic heterocycles. The molecule has 0 spiro atoms. The summed E-state index contributed by atoms with van der Waals surface area (Å²) in [7, 11) is 1.57. The minimum Gasteiger partial charge on any atom is -0.497 e. The Balaban J connectivity index is 1.41. The van der Waals surface area contributed by atoms with Gasteiger partial charge in [-0.25, -0.2) is 4.39 Å². The Hall–Kier alpha value is -3.64. The molecule has 0 unspecified atom stereocenters. The van der Waals surface area contributed by atoms with Gasteiger partial charge in [0, 0.05) is 5.56 Å². The van der Waals surface area contributed by atoms with Crippen LogP contribution in [0.15, 0.2) is 66.7 Å². The molecule has 2 aliphatic rings. The van der Waals surface area contributed by atoms with Gasteiger partial charge in [-0.3, -0.25) is 4.79 Å². The number of hydrogen-bond acceptors (Lipinski definition) is 4. The molecular weight excluding hydrogens is 471 g/mol. The summed E-state index contributed by atoms with van der Waals surface area (Å²) in [4.78, 5) is 11.4. The molecule has 3 aromatic carbocycles. The Morgan fingerprint density at radius 3 is 2.65 bits per heavy atom. The van der Waals surface area contributed by atoms with Gasteiger partial charge in [-0.2, -0.15) is 0 Å². The smallest absolute Gasteiger partial charge is 0.303 e. The van der Waals surface area contributed by atoms with Crippen LogP contribution in [0.2, 0.25) is 0 Å². The number of methoxy groups -OCH3 is 1. The molecule has 192 valence electrons. The first-order valence-corrected chi connectivity index (χ1v) is 12.7. The molecule has 0 radical (unpaired) electrons. The van der Waals surface area contributed by atoms with Crippen molar-refractivity contribution >= 4 is 11.5 Å². The second-order valence-electron chi connectivity index (χ2n) is 9.68. The van der Waals surface area contributed by atoms with Crippen LogP contribution in [-0.2, 0) is 16.1 Å². The summed E-state index contributed by atoms with van der Waals surface area (Å²) in [5.74, 6) is 0.690. The number of carboxylic acids is 1. The highest BCUT2D eigenvalue weighted by molar-refractivity contribution is 5.83. The minimum absolute atomic E-state index is 0.0187. The number of halogens is 1. The first-order valence-electron chi connectivity index (χ1n) is 12.7. The topological polar surface area (TPSA) is 65.0 Å². The van der Waals surface area contributed by atoms with Crippen molar-refractivity contribution in [3.05, 3.63) is 89.2 Å². The molecule has 37 heavy (non-hydrogen) atoms. The molecule has 3 aromatic rings. The number of hydrogen-bond donors (Lipinski definition) is 1. The Bertz CT molecular complexity index is 1310. The molecule has 5 rings (SSSR count). The second-order valence-corrected chi connectivity index (χ2v) is 9.68. The van der Waals surface area contributed by atoms with Gasteiger partial charge in [0.15, 0.2) is 0 Å². The van der Waals surface area contributed by atoms with Gasteiger partial charge >= 0.3 is 5.97 Å². The molecule has 1 aliphatic carbocycles. The first-order chi connectivity index (χ1) is 18.0. The maximum absolute atomic E-state index is 14.9. The number of ether oxygens (including phenoxy) is 3. The van der Waals surface area contributed by atoms with Crippen molar-refractivity contribution in [2.45, 2.75) is 38.2 Å². The molecule has 0 bridgehead atoms. The molecular formula is C31H31FO5. The van der Waals surface area contributed by atoms with Crippen molar-refractivity contribution < 1.29 is 28.5 Å². The predicted octanol–water partition coefficient (Wildman–Crippen LogP) is 6.85. The number of benzene rings is 3. The van der Waals surface area contributed by atoms with Crippen LogP contribution in [0.3, 0.4) is 0 Å². The van der Waals surface area contributed by atoms with Gasteiger partial charge < -0.3 is 19.3 Å². The zero-order valence-electron chi connectivity index (χ0n) is 20.9. The first kappa shape index (κ1) is 25.0. The summed E-state index contributed by atoms with van der Waals surface area (Å²) in [6, 6.07) is 18.5. The zero-order valence-corrected chi connectivity index (χ0v) is 20.9. The normalized spacial score (nSPS) is 16.1. The quantitative estimate of drug-likeness (QED) is 0.328. The van der Waals surface area contributed by atoms with Crippen molar-refractivity contribution in [1.82, 2.24) is 0 Å². The van der Waals surface area contributed by atoms with Crippen LogP contribution >= 0.6 is 0 Å². The van der Waals surface area contributed by atoms with E-state index in [0.717, 1.165) is 47.1 Å². The van der Waals surface area contributed by atoms with Gasteiger partial charge in [0.25, 0.3) is 0 Å². The minimum atomic E-state index is -0.772. The Kier molecular flexibility index (Phi) is 7.56. The van der Waals surface area contributed by atoms with Crippen molar-refractivity contribution in [3.63, 3.8) is 0 Å². The van der Waals surface area contributed by atoms with Crippen LogP contribution in [0.5, 0.6) is 11.5 Å². The molecule has 5 nitrogen and oxygen atoms in total. The van der Waals surface area contributed by atoms with Gasteiger partial charge in [0.05, 0.1) is 26.7 Å². The molecule has 0 saturated heterocycles. The summed E-state index contributed by atoms with van der Waals surface area (Å²) in [6.07, 6.45) is 5.09. The monoisotopic (exact) mass is 502 g/mol. The van der Waals surface area contributed by atoms with E-state index in [-0.39, 0.29) is 18.2 Å². The van der Waals surface area contributed by atoms with Crippen molar-refractivity contribution in [2.24, 2.45) is 5.92 Å². The number of carbonyl (C=O) groups is 1. The maximum Gasteiger partial charge on any atom is 0.303 e. The van der Waals surface area contributed by atoms with Crippen molar-refractivity contribution in [1.29, 1.82) is 0 Å². The summed E-state index contributed by atoms with van der Waals surface area (Å²) < 4.78 is 31.9. The van der Waals surface area contributed by atoms with E-state index >= 15 is 0 Å². The molecule has 1 saturated carbocycles. The highest BCUT2D eigenvalue weighted by Crippen LogP contribution is 2.45. The van der Waals surface area contributed by atoms with E-state index in [0.29, 0.717) is 42.8 Å². The Morgan fingerprint density at radius 1 is 1.05 bits per heavy atom. The molecule has 1 atom stereocenters. The maximum atomic E-state index is 14.9. The highest BCUT2D eigenvalue weighted by atomic mass is 19.1. The summed E-state index contributed by atoms with van der Waals surface area (Å²) in [5.41, 5.74) is 5.35.